The zero-order chi connectivity index (χ0) is 18.5. The monoisotopic (exact) mass is 344 g/mol. The topological polar surface area (TPSA) is 50.4 Å². The van der Waals surface area contributed by atoms with Crippen molar-refractivity contribution in [2.75, 3.05) is 6.61 Å². The third-order valence-electron chi connectivity index (χ3n) is 4.32. The lowest BCUT2D eigenvalue weighted by atomic mass is 9.79. The fraction of sp³-hybridized carbons (Fsp3) is 0.571. The summed E-state index contributed by atoms with van der Waals surface area (Å²) in [5, 5.41) is 6.78. The number of carbonyl (C=O) groups excluding carboxylic acids is 1. The Labute approximate surface area is 152 Å². The number of amides is 1. The first-order chi connectivity index (χ1) is 11.7. The molecule has 4 heteroatoms. The zero-order valence-electron chi connectivity index (χ0n) is 16.2. The Kier molecular flexibility index (Phi) is 6.28. The van der Waals surface area contributed by atoms with Gasteiger partial charge in [0, 0.05) is 23.2 Å². The van der Waals surface area contributed by atoms with E-state index in [1.807, 2.05) is 30.3 Å². The van der Waals surface area contributed by atoms with Gasteiger partial charge in [0.1, 0.15) is 5.75 Å². The standard InChI is InChI=1S/C21H32N2O2/c1-6-13-25-18-10-7-16(8-11-18)9-12-19(24)22-17-14-20(2,3)23-21(4,5)15-17/h7-12,17,23H,6,13-15H2,1-5H3,(H,22,24)/b12-9+. The molecule has 1 fully saturated rings. The summed E-state index contributed by atoms with van der Waals surface area (Å²) in [5.41, 5.74) is 1.04. The van der Waals surface area contributed by atoms with Gasteiger partial charge in [0.25, 0.3) is 0 Å². The Balaban J connectivity index is 1.90. The van der Waals surface area contributed by atoms with Crippen molar-refractivity contribution in [3.05, 3.63) is 35.9 Å². The first-order valence-corrected chi connectivity index (χ1v) is 9.20. The molecule has 0 radical (unpaired) electrons. The van der Waals surface area contributed by atoms with E-state index in [-0.39, 0.29) is 23.0 Å². The van der Waals surface area contributed by atoms with Crippen molar-refractivity contribution < 1.29 is 9.53 Å². The first-order valence-electron chi connectivity index (χ1n) is 9.20. The van der Waals surface area contributed by atoms with Crippen LogP contribution >= 0.6 is 0 Å². The quantitative estimate of drug-likeness (QED) is 0.769. The lowest BCUT2D eigenvalue weighted by Gasteiger charge is -2.46. The van der Waals surface area contributed by atoms with E-state index in [4.69, 9.17) is 4.74 Å². The van der Waals surface area contributed by atoms with Crippen molar-refractivity contribution in [3.8, 4) is 5.75 Å². The predicted molar refractivity (Wildman–Crippen MR) is 104 cm³/mol. The normalized spacial score (nSPS) is 19.7. The Bertz CT molecular complexity index is 587. The molecule has 0 atom stereocenters. The SMILES string of the molecule is CCCOc1ccc(/C=C/C(=O)NC2CC(C)(C)NC(C)(C)C2)cc1. The van der Waals surface area contributed by atoms with Crippen LogP contribution in [0.5, 0.6) is 5.75 Å². The average molecular weight is 344 g/mol. The van der Waals surface area contributed by atoms with Crippen molar-refractivity contribution in [2.24, 2.45) is 0 Å². The summed E-state index contributed by atoms with van der Waals surface area (Å²) in [6, 6.07) is 7.99. The maximum absolute atomic E-state index is 12.3. The number of ether oxygens (including phenoxy) is 1. The number of hydrogen-bond donors (Lipinski definition) is 2. The summed E-state index contributed by atoms with van der Waals surface area (Å²) in [5.74, 6) is 0.826. The van der Waals surface area contributed by atoms with Crippen LogP contribution in [0.4, 0.5) is 0 Å². The fourth-order valence-corrected chi connectivity index (χ4v) is 3.74. The minimum absolute atomic E-state index is 0.0255. The van der Waals surface area contributed by atoms with E-state index >= 15 is 0 Å². The molecule has 0 saturated carbocycles. The number of carbonyl (C=O) groups is 1. The summed E-state index contributed by atoms with van der Waals surface area (Å²) in [7, 11) is 0. The van der Waals surface area contributed by atoms with Gasteiger partial charge in [0.05, 0.1) is 6.61 Å². The van der Waals surface area contributed by atoms with Gasteiger partial charge in [-0.2, -0.15) is 0 Å². The smallest absolute Gasteiger partial charge is 0.244 e. The van der Waals surface area contributed by atoms with E-state index in [0.29, 0.717) is 0 Å². The van der Waals surface area contributed by atoms with Crippen LogP contribution in [0.3, 0.4) is 0 Å². The molecule has 0 bridgehead atoms. The van der Waals surface area contributed by atoms with Crippen molar-refractivity contribution in [1.82, 2.24) is 10.6 Å². The summed E-state index contributed by atoms with van der Waals surface area (Å²) in [6.07, 6.45) is 6.31. The van der Waals surface area contributed by atoms with E-state index < -0.39 is 0 Å². The largest absolute Gasteiger partial charge is 0.494 e. The Morgan fingerprint density at radius 1 is 1.20 bits per heavy atom. The van der Waals surface area contributed by atoms with E-state index in [9.17, 15) is 4.79 Å². The highest BCUT2D eigenvalue weighted by atomic mass is 16.5. The van der Waals surface area contributed by atoms with Crippen LogP contribution in [0.25, 0.3) is 6.08 Å². The Morgan fingerprint density at radius 2 is 1.80 bits per heavy atom. The predicted octanol–water partition coefficient (Wildman–Crippen LogP) is 3.91. The molecule has 0 aromatic heterocycles. The van der Waals surface area contributed by atoms with Gasteiger partial charge in [-0.15, -0.1) is 0 Å². The van der Waals surface area contributed by atoms with Crippen LogP contribution in [0.15, 0.2) is 30.3 Å². The van der Waals surface area contributed by atoms with Gasteiger partial charge in [-0.3, -0.25) is 4.79 Å². The highest BCUT2D eigenvalue weighted by Crippen LogP contribution is 2.28. The second-order valence-electron chi connectivity index (χ2n) is 8.26. The zero-order valence-corrected chi connectivity index (χ0v) is 16.2. The molecule has 2 N–H and O–H groups in total. The molecule has 1 saturated heterocycles. The first kappa shape index (κ1) is 19.5. The van der Waals surface area contributed by atoms with Crippen LogP contribution in [-0.4, -0.2) is 29.6 Å². The van der Waals surface area contributed by atoms with Crippen molar-refractivity contribution in [1.29, 1.82) is 0 Å². The maximum Gasteiger partial charge on any atom is 0.244 e. The number of rotatable bonds is 6. The van der Waals surface area contributed by atoms with Gasteiger partial charge in [0.15, 0.2) is 0 Å². The van der Waals surface area contributed by atoms with Gasteiger partial charge in [-0.25, -0.2) is 0 Å². The van der Waals surface area contributed by atoms with Gasteiger partial charge in [-0.05, 0) is 70.7 Å². The number of benzene rings is 1. The molecule has 1 aliphatic rings. The van der Waals surface area contributed by atoms with Crippen LogP contribution in [-0.2, 0) is 4.79 Å². The Morgan fingerprint density at radius 3 is 2.36 bits per heavy atom. The fourth-order valence-electron chi connectivity index (χ4n) is 3.74. The minimum Gasteiger partial charge on any atom is -0.494 e. The van der Waals surface area contributed by atoms with Gasteiger partial charge in [0.2, 0.25) is 5.91 Å². The highest BCUT2D eigenvalue weighted by molar-refractivity contribution is 5.91. The number of hydrogen-bond acceptors (Lipinski definition) is 3. The van der Waals surface area contributed by atoms with Crippen molar-refractivity contribution in [3.63, 3.8) is 0 Å². The molecule has 1 aromatic rings. The molecule has 0 spiro atoms. The summed E-state index contributed by atoms with van der Waals surface area (Å²) in [6.45, 7) is 11.5. The maximum atomic E-state index is 12.3. The average Bonchev–Trinajstić information content (AvgIpc) is 2.48. The molecular weight excluding hydrogens is 312 g/mol. The second-order valence-corrected chi connectivity index (χ2v) is 8.26. The second kappa shape index (κ2) is 8.05. The third kappa shape index (κ3) is 6.54. The van der Waals surface area contributed by atoms with Gasteiger partial charge >= 0.3 is 0 Å². The number of piperidine rings is 1. The lowest BCUT2D eigenvalue weighted by Crippen LogP contribution is -2.62. The van der Waals surface area contributed by atoms with E-state index in [2.05, 4.69) is 45.3 Å². The van der Waals surface area contributed by atoms with Crippen LogP contribution in [0.1, 0.15) is 59.4 Å². The molecule has 1 aliphatic heterocycles. The molecular formula is C21H32N2O2. The van der Waals surface area contributed by atoms with Crippen LogP contribution in [0.2, 0.25) is 0 Å². The molecule has 2 rings (SSSR count). The van der Waals surface area contributed by atoms with Crippen LogP contribution in [0, 0.1) is 0 Å². The number of nitrogens with one attached hydrogen (secondary N) is 2. The summed E-state index contributed by atoms with van der Waals surface area (Å²) < 4.78 is 5.57. The van der Waals surface area contributed by atoms with E-state index in [1.165, 1.54) is 0 Å². The third-order valence-corrected chi connectivity index (χ3v) is 4.32. The molecule has 4 nitrogen and oxygen atoms in total. The molecule has 1 heterocycles. The van der Waals surface area contributed by atoms with Gasteiger partial charge in [-0.1, -0.05) is 19.1 Å². The van der Waals surface area contributed by atoms with Crippen molar-refractivity contribution >= 4 is 12.0 Å². The highest BCUT2D eigenvalue weighted by Gasteiger charge is 2.37. The molecule has 1 aromatic carbocycles. The Hall–Kier alpha value is -1.81. The van der Waals surface area contributed by atoms with Crippen LogP contribution < -0.4 is 15.4 Å². The minimum atomic E-state index is -0.0372. The molecule has 138 valence electrons. The molecule has 0 unspecified atom stereocenters. The lowest BCUT2D eigenvalue weighted by molar-refractivity contribution is -0.117. The summed E-state index contributed by atoms with van der Waals surface area (Å²) in [4.78, 5) is 12.3. The van der Waals surface area contributed by atoms with Crippen molar-refractivity contribution in [2.45, 2.75) is 71.0 Å². The molecule has 25 heavy (non-hydrogen) atoms. The van der Waals surface area contributed by atoms with Gasteiger partial charge < -0.3 is 15.4 Å². The molecule has 1 amide bonds. The van der Waals surface area contributed by atoms with E-state index in [1.54, 1.807) is 6.08 Å². The molecule has 0 aliphatic carbocycles. The summed E-state index contributed by atoms with van der Waals surface area (Å²) >= 11 is 0. The van der Waals surface area contributed by atoms with E-state index in [0.717, 1.165) is 37.2 Å².